The van der Waals surface area contributed by atoms with Crippen LogP contribution in [0.25, 0.3) is 0 Å². The van der Waals surface area contributed by atoms with Gasteiger partial charge >= 0.3 is 0 Å². The Balaban J connectivity index is 1.74. The Morgan fingerprint density at radius 1 is 1.19 bits per heavy atom. The number of nitrogens with one attached hydrogen (secondary N) is 1. The molecule has 6 heteroatoms. The third-order valence-electron chi connectivity index (χ3n) is 4.79. The molecule has 0 bridgehead atoms. The third-order valence-corrected chi connectivity index (χ3v) is 4.79. The van der Waals surface area contributed by atoms with Crippen LogP contribution in [-0.4, -0.2) is 16.9 Å². The van der Waals surface area contributed by atoms with Crippen molar-refractivity contribution in [3.05, 3.63) is 63.2 Å². The van der Waals surface area contributed by atoms with Crippen molar-refractivity contribution < 1.29 is 14.5 Å². The van der Waals surface area contributed by atoms with Crippen LogP contribution in [0, 0.1) is 17.0 Å². The van der Waals surface area contributed by atoms with Crippen LogP contribution in [0.4, 0.5) is 11.4 Å². The lowest BCUT2D eigenvalue weighted by atomic mass is 9.91. The Labute approximate surface area is 152 Å². The van der Waals surface area contributed by atoms with Gasteiger partial charge in [-0.2, -0.15) is 0 Å². The van der Waals surface area contributed by atoms with Crippen molar-refractivity contribution in [2.75, 3.05) is 5.32 Å². The Bertz CT molecular complexity index is 848. The molecule has 1 N–H and O–H groups in total. The van der Waals surface area contributed by atoms with E-state index in [1.54, 1.807) is 26.0 Å². The number of ether oxygens (including phenoxy) is 1. The van der Waals surface area contributed by atoms with Gasteiger partial charge in [0.1, 0.15) is 5.75 Å². The fourth-order valence-electron chi connectivity index (χ4n) is 3.29. The predicted molar refractivity (Wildman–Crippen MR) is 99.6 cm³/mol. The maximum atomic E-state index is 12.5. The first-order chi connectivity index (χ1) is 12.5. The van der Waals surface area contributed by atoms with Crippen LogP contribution < -0.4 is 10.1 Å². The van der Waals surface area contributed by atoms with Gasteiger partial charge in [0.2, 0.25) is 0 Å². The maximum absolute atomic E-state index is 12.5. The van der Waals surface area contributed by atoms with Crippen molar-refractivity contribution in [2.45, 2.75) is 45.6 Å². The fourth-order valence-corrected chi connectivity index (χ4v) is 3.29. The molecule has 1 atom stereocenters. The van der Waals surface area contributed by atoms with Gasteiger partial charge in [-0.15, -0.1) is 0 Å². The quantitative estimate of drug-likeness (QED) is 0.645. The van der Waals surface area contributed by atoms with E-state index < -0.39 is 11.0 Å². The summed E-state index contributed by atoms with van der Waals surface area (Å²) in [7, 11) is 0. The van der Waals surface area contributed by atoms with Crippen LogP contribution in [0.5, 0.6) is 5.75 Å². The first kappa shape index (κ1) is 17.9. The zero-order valence-corrected chi connectivity index (χ0v) is 15.0. The zero-order chi connectivity index (χ0) is 18.7. The highest BCUT2D eigenvalue weighted by Gasteiger charge is 2.21. The molecular weight excluding hydrogens is 332 g/mol. The number of amides is 1. The van der Waals surface area contributed by atoms with Crippen molar-refractivity contribution in [3.8, 4) is 5.75 Å². The molecule has 0 saturated heterocycles. The minimum atomic E-state index is -0.706. The molecule has 0 fully saturated rings. The van der Waals surface area contributed by atoms with Crippen molar-refractivity contribution >= 4 is 17.3 Å². The predicted octanol–water partition coefficient (Wildman–Crippen LogP) is 4.19. The lowest BCUT2D eigenvalue weighted by molar-refractivity contribution is -0.385. The highest BCUT2D eigenvalue weighted by molar-refractivity contribution is 5.95. The molecule has 0 radical (unpaired) electrons. The van der Waals surface area contributed by atoms with Crippen LogP contribution in [0.2, 0.25) is 0 Å². The molecule has 2 aromatic rings. The van der Waals surface area contributed by atoms with E-state index in [1.807, 2.05) is 12.1 Å². The van der Waals surface area contributed by atoms with Gasteiger partial charge in [0.05, 0.1) is 16.2 Å². The number of rotatable bonds is 5. The molecule has 3 rings (SSSR count). The summed E-state index contributed by atoms with van der Waals surface area (Å²) in [5.74, 6) is 0.419. The third kappa shape index (κ3) is 3.69. The summed E-state index contributed by atoms with van der Waals surface area (Å²) >= 11 is 0. The SMILES string of the molecule is Cc1c(NC(=O)[C@@H](C)Oc2cccc3c2CCCC3)cccc1[N+](=O)[O-]. The van der Waals surface area contributed by atoms with E-state index in [4.69, 9.17) is 4.74 Å². The molecule has 0 heterocycles. The van der Waals surface area contributed by atoms with Gasteiger partial charge in [0.25, 0.3) is 11.6 Å². The van der Waals surface area contributed by atoms with E-state index in [1.165, 1.54) is 23.6 Å². The van der Waals surface area contributed by atoms with E-state index >= 15 is 0 Å². The monoisotopic (exact) mass is 354 g/mol. The molecule has 0 spiro atoms. The second-order valence-electron chi connectivity index (χ2n) is 6.56. The van der Waals surface area contributed by atoms with Gasteiger partial charge in [0.15, 0.2) is 6.10 Å². The average molecular weight is 354 g/mol. The van der Waals surface area contributed by atoms with Crippen LogP contribution >= 0.6 is 0 Å². The van der Waals surface area contributed by atoms with E-state index in [2.05, 4.69) is 11.4 Å². The fraction of sp³-hybridized carbons (Fsp3) is 0.350. The van der Waals surface area contributed by atoms with Crippen molar-refractivity contribution in [1.29, 1.82) is 0 Å². The highest BCUT2D eigenvalue weighted by atomic mass is 16.6. The normalized spacial score (nSPS) is 14.2. The molecule has 0 unspecified atom stereocenters. The molecule has 0 aromatic heterocycles. The lowest BCUT2D eigenvalue weighted by Crippen LogP contribution is -2.31. The summed E-state index contributed by atoms with van der Waals surface area (Å²) in [6, 6.07) is 10.6. The number of anilines is 1. The number of carbonyl (C=O) groups is 1. The van der Waals surface area contributed by atoms with Crippen LogP contribution in [-0.2, 0) is 17.6 Å². The smallest absolute Gasteiger partial charge is 0.274 e. The second kappa shape index (κ2) is 7.56. The standard InChI is InChI=1S/C20H22N2O4/c1-13-17(10-6-11-18(13)22(24)25)21-20(23)14(2)26-19-12-5-8-15-7-3-4-9-16(15)19/h5-6,8,10-12,14H,3-4,7,9H2,1-2H3,(H,21,23)/t14-/m1/s1. The molecule has 1 aliphatic carbocycles. The van der Waals surface area contributed by atoms with Crippen molar-refractivity contribution in [2.24, 2.45) is 0 Å². The van der Waals surface area contributed by atoms with E-state index in [9.17, 15) is 14.9 Å². The summed E-state index contributed by atoms with van der Waals surface area (Å²) < 4.78 is 5.92. The number of fused-ring (bicyclic) bond motifs is 1. The average Bonchev–Trinajstić information content (AvgIpc) is 2.63. The van der Waals surface area contributed by atoms with Gasteiger partial charge in [-0.05, 0) is 62.8 Å². The highest BCUT2D eigenvalue weighted by Crippen LogP contribution is 2.30. The molecule has 0 saturated carbocycles. The number of carbonyl (C=O) groups excluding carboxylic acids is 1. The number of benzene rings is 2. The molecule has 1 aliphatic rings. The molecule has 26 heavy (non-hydrogen) atoms. The van der Waals surface area contributed by atoms with Gasteiger partial charge in [0, 0.05) is 6.07 Å². The molecular formula is C20H22N2O4. The van der Waals surface area contributed by atoms with E-state index in [0.29, 0.717) is 11.3 Å². The topological polar surface area (TPSA) is 81.5 Å². The zero-order valence-electron chi connectivity index (χ0n) is 15.0. The molecule has 1 amide bonds. The molecule has 6 nitrogen and oxygen atoms in total. The van der Waals surface area contributed by atoms with Crippen LogP contribution in [0.3, 0.4) is 0 Å². The first-order valence-electron chi connectivity index (χ1n) is 8.79. The van der Waals surface area contributed by atoms with E-state index in [-0.39, 0.29) is 11.6 Å². The second-order valence-corrected chi connectivity index (χ2v) is 6.56. The number of nitrogens with zero attached hydrogens (tertiary/aromatic N) is 1. The van der Waals surface area contributed by atoms with Crippen molar-refractivity contribution in [1.82, 2.24) is 0 Å². The minimum absolute atomic E-state index is 0.0199. The summed E-state index contributed by atoms with van der Waals surface area (Å²) in [6.07, 6.45) is 3.60. The summed E-state index contributed by atoms with van der Waals surface area (Å²) in [4.78, 5) is 23.1. The Hall–Kier alpha value is -2.89. The molecule has 136 valence electrons. The molecule has 2 aromatic carbocycles. The van der Waals surface area contributed by atoms with Gasteiger partial charge in [-0.1, -0.05) is 18.2 Å². The minimum Gasteiger partial charge on any atom is -0.481 e. The van der Waals surface area contributed by atoms with Gasteiger partial charge in [-0.3, -0.25) is 14.9 Å². The van der Waals surface area contributed by atoms with Gasteiger partial charge < -0.3 is 10.1 Å². The summed E-state index contributed by atoms with van der Waals surface area (Å²) in [6.45, 7) is 3.30. The summed E-state index contributed by atoms with van der Waals surface area (Å²) in [5.41, 5.74) is 3.30. The van der Waals surface area contributed by atoms with Crippen LogP contribution in [0.15, 0.2) is 36.4 Å². The van der Waals surface area contributed by atoms with Crippen molar-refractivity contribution in [3.63, 3.8) is 0 Å². The first-order valence-corrected chi connectivity index (χ1v) is 8.79. The number of aryl methyl sites for hydroxylation is 1. The maximum Gasteiger partial charge on any atom is 0.274 e. The number of nitro groups is 1. The Morgan fingerprint density at radius 2 is 1.92 bits per heavy atom. The number of hydrogen-bond donors (Lipinski definition) is 1. The Kier molecular flexibility index (Phi) is 5.21. The lowest BCUT2D eigenvalue weighted by Gasteiger charge is -2.22. The van der Waals surface area contributed by atoms with E-state index in [0.717, 1.165) is 25.0 Å². The number of nitro benzene ring substituents is 1. The Morgan fingerprint density at radius 3 is 2.69 bits per heavy atom. The largest absolute Gasteiger partial charge is 0.481 e. The number of hydrogen-bond acceptors (Lipinski definition) is 4. The molecule has 0 aliphatic heterocycles. The van der Waals surface area contributed by atoms with Crippen LogP contribution in [0.1, 0.15) is 36.5 Å². The summed E-state index contributed by atoms with van der Waals surface area (Å²) in [5, 5.41) is 13.8. The van der Waals surface area contributed by atoms with Gasteiger partial charge in [-0.25, -0.2) is 0 Å².